The van der Waals surface area contributed by atoms with Crippen molar-refractivity contribution < 1.29 is 2.85 Å². The predicted molar refractivity (Wildman–Crippen MR) is 136 cm³/mol. The van der Waals surface area contributed by atoms with E-state index in [0.29, 0.717) is 10.8 Å². The van der Waals surface area contributed by atoms with Crippen LogP contribution in [0.25, 0.3) is 0 Å². The van der Waals surface area contributed by atoms with Crippen molar-refractivity contribution in [1.82, 2.24) is 0 Å². The van der Waals surface area contributed by atoms with E-state index in [2.05, 4.69) is 54.5 Å². The average molecular weight is 417 g/mol. The highest BCUT2D eigenvalue weighted by Gasteiger charge is 2.59. The maximum absolute atomic E-state index is 2.78. The lowest BCUT2D eigenvalue weighted by atomic mass is 9.46. The smallest absolute Gasteiger partial charge is 0 e. The van der Waals surface area contributed by atoms with Gasteiger partial charge in [-0.05, 0) is 110 Å². The molecule has 0 radical (unpaired) electrons. The summed E-state index contributed by atoms with van der Waals surface area (Å²) in [5.74, 6) is 7.57. The van der Waals surface area contributed by atoms with Gasteiger partial charge in [0.05, 0.1) is 0 Å². The van der Waals surface area contributed by atoms with Gasteiger partial charge in [-0.25, -0.2) is 0 Å². The first-order valence-corrected chi connectivity index (χ1v) is 13.9. The van der Waals surface area contributed by atoms with Crippen LogP contribution in [-0.2, 0) is 0 Å². The van der Waals surface area contributed by atoms with Gasteiger partial charge in [0, 0.05) is 2.85 Å². The van der Waals surface area contributed by atoms with E-state index in [1.165, 1.54) is 70.6 Å². The van der Waals surface area contributed by atoms with Gasteiger partial charge in [0.1, 0.15) is 0 Å². The largest absolute Gasteiger partial charge is 0.0845 e. The molecule has 0 aromatic carbocycles. The molecule has 0 nitrogen and oxygen atoms in total. The van der Waals surface area contributed by atoms with Gasteiger partial charge >= 0.3 is 0 Å². The van der Waals surface area contributed by atoms with E-state index in [9.17, 15) is 0 Å². The van der Waals surface area contributed by atoms with E-state index in [0.717, 1.165) is 47.3 Å². The molecule has 2 unspecified atom stereocenters. The van der Waals surface area contributed by atoms with Crippen LogP contribution in [0.3, 0.4) is 0 Å². The maximum atomic E-state index is 2.78. The van der Waals surface area contributed by atoms with Gasteiger partial charge in [-0.3, -0.25) is 0 Å². The van der Waals surface area contributed by atoms with E-state index in [1.54, 1.807) is 0 Å². The summed E-state index contributed by atoms with van der Waals surface area (Å²) in [7, 11) is 0. The molecule has 176 valence electrons. The van der Waals surface area contributed by atoms with Gasteiger partial charge in [0.25, 0.3) is 0 Å². The van der Waals surface area contributed by atoms with Crippen molar-refractivity contribution in [3.8, 4) is 0 Å². The van der Waals surface area contributed by atoms with Crippen molar-refractivity contribution in [3.05, 3.63) is 11.6 Å². The van der Waals surface area contributed by atoms with Crippen LogP contribution in [0, 0.1) is 58.2 Å². The topological polar surface area (TPSA) is 0 Å². The molecule has 0 bridgehead atoms. The minimum Gasteiger partial charge on any atom is -0.0845 e. The van der Waals surface area contributed by atoms with Gasteiger partial charge in [0.2, 0.25) is 0 Å². The van der Waals surface area contributed by atoms with E-state index in [1.807, 2.05) is 5.57 Å². The molecule has 8 atom stereocenters. The highest BCUT2D eigenvalue weighted by Crippen LogP contribution is 2.67. The first-order valence-electron chi connectivity index (χ1n) is 13.9. The van der Waals surface area contributed by atoms with Crippen molar-refractivity contribution in [2.75, 3.05) is 0 Å². The third-order valence-electron chi connectivity index (χ3n) is 11.3. The third kappa shape index (κ3) is 3.85. The number of hydrogen-bond donors (Lipinski definition) is 0. The molecule has 30 heavy (non-hydrogen) atoms. The van der Waals surface area contributed by atoms with Crippen molar-refractivity contribution in [2.24, 2.45) is 58.2 Å². The molecule has 0 aromatic rings. The molecule has 0 heterocycles. The predicted octanol–water partition coefficient (Wildman–Crippen LogP) is 9.79. The van der Waals surface area contributed by atoms with Crippen molar-refractivity contribution in [1.29, 1.82) is 0 Å². The van der Waals surface area contributed by atoms with Crippen LogP contribution in [0.15, 0.2) is 11.6 Å². The summed E-state index contributed by atoms with van der Waals surface area (Å²) in [6.07, 6.45) is 19.0. The quantitative estimate of drug-likeness (QED) is 0.378. The molecule has 0 amide bonds. The average Bonchev–Trinajstić information content (AvgIpc) is 3.04. The van der Waals surface area contributed by atoms with Crippen molar-refractivity contribution in [3.63, 3.8) is 0 Å². The molecule has 4 aliphatic rings. The summed E-state index contributed by atoms with van der Waals surface area (Å²) in [4.78, 5) is 0. The molecule has 4 rings (SSSR count). The summed E-state index contributed by atoms with van der Waals surface area (Å²) in [5.41, 5.74) is 3.06. The van der Waals surface area contributed by atoms with Crippen LogP contribution >= 0.6 is 0 Å². The summed E-state index contributed by atoms with van der Waals surface area (Å²) in [6.45, 7) is 17.7. The van der Waals surface area contributed by atoms with Crippen LogP contribution in [0.4, 0.5) is 0 Å². The standard InChI is InChI=1S/C30H52.2H2/c1-20(2)9-8-10-22(5)26-13-14-27-25-12-11-24-19-23(21(3)4)15-17-29(24,6)28(25)16-18-30(26,27)7;;/h11,20-23,25-28H,8-10,12-19H2,1-7H3;2*1H/t22-,23+,25+,26-,27?,28?,29+,30-;;/m1../s1. The molecule has 0 spiro atoms. The fraction of sp³-hybridized carbons (Fsp3) is 0.933. The highest BCUT2D eigenvalue weighted by atomic mass is 14.6. The molecule has 0 saturated heterocycles. The molecular weight excluding hydrogens is 360 g/mol. The Morgan fingerprint density at radius 1 is 0.933 bits per heavy atom. The minimum atomic E-state index is 0. The lowest BCUT2D eigenvalue weighted by Gasteiger charge is -2.59. The first-order chi connectivity index (χ1) is 14.2. The zero-order valence-corrected chi connectivity index (χ0v) is 21.5. The lowest BCUT2D eigenvalue weighted by Crippen LogP contribution is -2.50. The van der Waals surface area contributed by atoms with Crippen LogP contribution < -0.4 is 0 Å². The van der Waals surface area contributed by atoms with Gasteiger partial charge < -0.3 is 0 Å². The number of fused-ring (bicyclic) bond motifs is 5. The third-order valence-corrected chi connectivity index (χ3v) is 11.3. The molecule has 3 fully saturated rings. The van der Waals surface area contributed by atoms with Gasteiger partial charge in [-0.2, -0.15) is 0 Å². The molecular formula is C30H56. The van der Waals surface area contributed by atoms with Crippen LogP contribution in [0.5, 0.6) is 0 Å². The van der Waals surface area contributed by atoms with E-state index in [4.69, 9.17) is 0 Å². The van der Waals surface area contributed by atoms with Crippen LogP contribution in [-0.4, -0.2) is 0 Å². The van der Waals surface area contributed by atoms with Crippen molar-refractivity contribution in [2.45, 2.75) is 119 Å². The fourth-order valence-corrected chi connectivity index (χ4v) is 9.28. The molecule has 0 heteroatoms. The zero-order chi connectivity index (χ0) is 21.7. The van der Waals surface area contributed by atoms with Gasteiger partial charge in [0.15, 0.2) is 0 Å². The van der Waals surface area contributed by atoms with Crippen molar-refractivity contribution >= 4 is 0 Å². The summed E-state index contributed by atoms with van der Waals surface area (Å²) >= 11 is 0. The Morgan fingerprint density at radius 2 is 1.70 bits per heavy atom. The Hall–Kier alpha value is -0.260. The molecule has 0 aliphatic heterocycles. The zero-order valence-electron chi connectivity index (χ0n) is 21.5. The SMILES string of the molecule is CC(C)CCC[C@@H](C)[C@H]1CCC2[C@@H]3CC=C4C[C@@H](C(C)C)CC[C@]4(C)C3CC[C@@]21C.[HH].[HH]. The summed E-state index contributed by atoms with van der Waals surface area (Å²) in [6, 6.07) is 0. The fourth-order valence-electron chi connectivity index (χ4n) is 9.28. The van der Waals surface area contributed by atoms with Gasteiger partial charge in [-0.15, -0.1) is 0 Å². The highest BCUT2D eigenvalue weighted by molar-refractivity contribution is 5.25. The lowest BCUT2D eigenvalue weighted by molar-refractivity contribution is -0.0538. The summed E-state index contributed by atoms with van der Waals surface area (Å²) < 4.78 is 0. The Kier molecular flexibility index (Phi) is 6.56. The minimum absolute atomic E-state index is 0. The monoisotopic (exact) mass is 416 g/mol. The Morgan fingerprint density at radius 3 is 2.40 bits per heavy atom. The van der Waals surface area contributed by atoms with E-state index >= 15 is 0 Å². The second-order valence-electron chi connectivity index (χ2n) is 13.5. The summed E-state index contributed by atoms with van der Waals surface area (Å²) in [5, 5.41) is 0. The second kappa shape index (κ2) is 8.59. The van der Waals surface area contributed by atoms with Gasteiger partial charge in [-0.1, -0.05) is 79.4 Å². The maximum Gasteiger partial charge on any atom is 0 e. The molecule has 0 N–H and O–H groups in total. The Bertz CT molecular complexity index is 637. The van der Waals surface area contributed by atoms with E-state index < -0.39 is 0 Å². The van der Waals surface area contributed by atoms with Crippen LogP contribution in [0.2, 0.25) is 0 Å². The molecule has 0 aromatic heterocycles. The van der Waals surface area contributed by atoms with E-state index in [-0.39, 0.29) is 2.85 Å². The molecule has 3 saturated carbocycles. The Balaban J connectivity index is 0.00000181. The number of hydrogen-bond acceptors (Lipinski definition) is 0. The normalized spacial score (nSPS) is 44.4. The number of rotatable bonds is 6. The van der Waals surface area contributed by atoms with Crippen LogP contribution in [0.1, 0.15) is 122 Å². The Labute approximate surface area is 192 Å². The first kappa shape index (κ1) is 22.9. The molecule has 4 aliphatic carbocycles. The second-order valence-corrected chi connectivity index (χ2v) is 13.5. The number of allylic oxidation sites excluding steroid dienone is 2.